The summed E-state index contributed by atoms with van der Waals surface area (Å²) in [6.07, 6.45) is 1.96. The van der Waals surface area contributed by atoms with Crippen molar-refractivity contribution < 1.29 is 4.74 Å². The molecule has 0 spiro atoms. The maximum absolute atomic E-state index is 6.22. The highest BCUT2D eigenvalue weighted by atomic mass is 16.5. The van der Waals surface area contributed by atoms with Gasteiger partial charge in [-0.1, -0.05) is 32.0 Å². The van der Waals surface area contributed by atoms with E-state index in [2.05, 4.69) is 26.8 Å². The minimum atomic E-state index is -0.109. The molecule has 88 valence electrons. The number of nitrogens with two attached hydrogens (primary N) is 1. The topological polar surface area (TPSA) is 35.2 Å². The van der Waals surface area contributed by atoms with E-state index >= 15 is 0 Å². The molecule has 1 unspecified atom stereocenters. The lowest BCUT2D eigenvalue weighted by atomic mass is 9.83. The first-order valence-electron chi connectivity index (χ1n) is 6.04. The van der Waals surface area contributed by atoms with Crippen LogP contribution >= 0.6 is 0 Å². The highest BCUT2D eigenvalue weighted by Gasteiger charge is 2.35. The summed E-state index contributed by atoms with van der Waals surface area (Å²) in [7, 11) is 0. The van der Waals surface area contributed by atoms with Crippen molar-refractivity contribution in [2.24, 2.45) is 11.7 Å². The minimum absolute atomic E-state index is 0.105. The Hall–Kier alpha value is -1.02. The molecule has 1 aliphatic rings. The third-order valence-electron chi connectivity index (χ3n) is 3.17. The molecule has 1 aromatic rings. The maximum atomic E-state index is 6.22. The molecule has 2 N–H and O–H groups in total. The zero-order chi connectivity index (χ0) is 11.8. The molecule has 0 aliphatic carbocycles. The molecule has 2 nitrogen and oxygen atoms in total. The van der Waals surface area contributed by atoms with E-state index in [1.54, 1.807) is 0 Å². The largest absolute Gasteiger partial charge is 0.487 e. The number of benzene rings is 1. The number of para-hydroxylation sites is 1. The predicted octanol–water partition coefficient (Wildman–Crippen LogP) is 3.27. The Morgan fingerprint density at radius 1 is 1.44 bits per heavy atom. The second-order valence-electron chi connectivity index (χ2n) is 5.50. The first kappa shape index (κ1) is 11.5. The summed E-state index contributed by atoms with van der Waals surface area (Å²) < 4.78 is 6.12. The number of fused-ring (bicyclic) bond motifs is 1. The van der Waals surface area contributed by atoms with Gasteiger partial charge >= 0.3 is 0 Å². The average molecular weight is 219 g/mol. The monoisotopic (exact) mass is 219 g/mol. The summed E-state index contributed by atoms with van der Waals surface area (Å²) in [6, 6.07) is 8.22. The SMILES string of the molecule is CC(C)CC1(C)C[C@H](N)c2ccccc2O1. The lowest BCUT2D eigenvalue weighted by molar-refractivity contribution is 0.0341. The molecule has 0 aromatic heterocycles. The van der Waals surface area contributed by atoms with Gasteiger partial charge in [0.25, 0.3) is 0 Å². The van der Waals surface area contributed by atoms with Crippen LogP contribution in [0.4, 0.5) is 0 Å². The summed E-state index contributed by atoms with van der Waals surface area (Å²) in [5, 5.41) is 0. The molecule has 0 saturated carbocycles. The van der Waals surface area contributed by atoms with Gasteiger partial charge in [0, 0.05) is 18.0 Å². The molecular formula is C14H21NO. The fourth-order valence-electron chi connectivity index (χ4n) is 2.75. The van der Waals surface area contributed by atoms with Crippen LogP contribution in [0.15, 0.2) is 24.3 Å². The van der Waals surface area contributed by atoms with Crippen LogP contribution in [0.5, 0.6) is 5.75 Å². The van der Waals surface area contributed by atoms with Gasteiger partial charge in [-0.2, -0.15) is 0 Å². The van der Waals surface area contributed by atoms with Crippen LogP contribution in [0.1, 0.15) is 45.2 Å². The summed E-state index contributed by atoms with van der Waals surface area (Å²) in [5.74, 6) is 1.59. The van der Waals surface area contributed by atoms with Crippen LogP contribution in [-0.2, 0) is 0 Å². The van der Waals surface area contributed by atoms with Crippen molar-refractivity contribution in [3.05, 3.63) is 29.8 Å². The van der Waals surface area contributed by atoms with E-state index in [1.165, 1.54) is 0 Å². The molecule has 0 bridgehead atoms. The van der Waals surface area contributed by atoms with E-state index in [1.807, 2.05) is 18.2 Å². The molecule has 2 rings (SSSR count). The van der Waals surface area contributed by atoms with Crippen LogP contribution in [0, 0.1) is 5.92 Å². The third kappa shape index (κ3) is 2.22. The molecule has 16 heavy (non-hydrogen) atoms. The fraction of sp³-hybridized carbons (Fsp3) is 0.571. The van der Waals surface area contributed by atoms with E-state index in [0.29, 0.717) is 5.92 Å². The predicted molar refractivity (Wildman–Crippen MR) is 66.5 cm³/mol. The fourth-order valence-corrected chi connectivity index (χ4v) is 2.75. The second kappa shape index (κ2) is 4.10. The summed E-state index contributed by atoms with van der Waals surface area (Å²) >= 11 is 0. The summed E-state index contributed by atoms with van der Waals surface area (Å²) in [6.45, 7) is 6.62. The van der Waals surface area contributed by atoms with Gasteiger partial charge in [-0.15, -0.1) is 0 Å². The first-order chi connectivity index (χ1) is 7.50. The molecule has 0 fully saturated rings. The zero-order valence-electron chi connectivity index (χ0n) is 10.4. The van der Waals surface area contributed by atoms with Gasteiger partial charge in [-0.25, -0.2) is 0 Å². The second-order valence-corrected chi connectivity index (χ2v) is 5.50. The summed E-state index contributed by atoms with van der Waals surface area (Å²) in [4.78, 5) is 0. The molecule has 1 heterocycles. The maximum Gasteiger partial charge on any atom is 0.124 e. The van der Waals surface area contributed by atoms with E-state index in [-0.39, 0.29) is 11.6 Å². The molecule has 1 aliphatic heterocycles. The lowest BCUT2D eigenvalue weighted by Crippen LogP contribution is -2.41. The van der Waals surface area contributed by atoms with Crippen LogP contribution < -0.4 is 10.5 Å². The Bertz CT molecular complexity index is 375. The Labute approximate surface area is 97.8 Å². The standard InChI is InChI=1S/C14H21NO/c1-10(2)8-14(3)9-12(15)11-6-4-5-7-13(11)16-14/h4-7,10,12H,8-9,15H2,1-3H3/t12-,14?/m0/s1. The molecule has 2 heteroatoms. The van der Waals surface area contributed by atoms with Gasteiger partial charge in [-0.05, 0) is 25.3 Å². The van der Waals surface area contributed by atoms with Crippen molar-refractivity contribution in [1.82, 2.24) is 0 Å². The third-order valence-corrected chi connectivity index (χ3v) is 3.17. The highest BCUT2D eigenvalue weighted by Crippen LogP contribution is 2.40. The zero-order valence-corrected chi connectivity index (χ0v) is 10.4. The smallest absolute Gasteiger partial charge is 0.124 e. The minimum Gasteiger partial charge on any atom is -0.487 e. The van der Waals surface area contributed by atoms with E-state index in [9.17, 15) is 0 Å². The van der Waals surface area contributed by atoms with Gasteiger partial charge in [0.05, 0.1) is 0 Å². The molecular weight excluding hydrogens is 198 g/mol. The van der Waals surface area contributed by atoms with Crippen molar-refractivity contribution in [2.75, 3.05) is 0 Å². The van der Waals surface area contributed by atoms with Crippen molar-refractivity contribution in [3.8, 4) is 5.75 Å². The Morgan fingerprint density at radius 2 is 2.12 bits per heavy atom. The van der Waals surface area contributed by atoms with E-state index < -0.39 is 0 Å². The van der Waals surface area contributed by atoms with Gasteiger partial charge in [0.2, 0.25) is 0 Å². The normalized spacial score (nSPS) is 28.7. The van der Waals surface area contributed by atoms with Crippen LogP contribution in [0.2, 0.25) is 0 Å². The number of rotatable bonds is 2. The number of hydrogen-bond donors (Lipinski definition) is 1. The van der Waals surface area contributed by atoms with Crippen LogP contribution in [0.3, 0.4) is 0 Å². The van der Waals surface area contributed by atoms with Gasteiger partial charge in [0.15, 0.2) is 0 Å². The Morgan fingerprint density at radius 3 is 2.81 bits per heavy atom. The molecule has 0 radical (unpaired) electrons. The van der Waals surface area contributed by atoms with Crippen LogP contribution in [0.25, 0.3) is 0 Å². The molecule has 2 atom stereocenters. The van der Waals surface area contributed by atoms with Crippen molar-refractivity contribution in [3.63, 3.8) is 0 Å². The van der Waals surface area contributed by atoms with Gasteiger partial charge < -0.3 is 10.5 Å². The van der Waals surface area contributed by atoms with Crippen molar-refractivity contribution in [2.45, 2.75) is 45.3 Å². The Kier molecular flexibility index (Phi) is 2.94. The molecule has 0 amide bonds. The first-order valence-corrected chi connectivity index (χ1v) is 6.04. The quantitative estimate of drug-likeness (QED) is 0.828. The van der Waals surface area contributed by atoms with Gasteiger partial charge in [-0.3, -0.25) is 0 Å². The van der Waals surface area contributed by atoms with Crippen molar-refractivity contribution in [1.29, 1.82) is 0 Å². The highest BCUT2D eigenvalue weighted by molar-refractivity contribution is 5.38. The molecule has 1 aromatic carbocycles. The average Bonchev–Trinajstić information content (AvgIpc) is 2.15. The molecule has 0 saturated heterocycles. The number of hydrogen-bond acceptors (Lipinski definition) is 2. The van der Waals surface area contributed by atoms with E-state index in [4.69, 9.17) is 10.5 Å². The van der Waals surface area contributed by atoms with E-state index in [0.717, 1.165) is 24.2 Å². The van der Waals surface area contributed by atoms with Gasteiger partial charge in [0.1, 0.15) is 11.4 Å². The lowest BCUT2D eigenvalue weighted by Gasteiger charge is -2.39. The number of ether oxygens (including phenoxy) is 1. The van der Waals surface area contributed by atoms with Crippen LogP contribution in [-0.4, -0.2) is 5.60 Å². The summed E-state index contributed by atoms with van der Waals surface area (Å²) in [5.41, 5.74) is 7.25. The van der Waals surface area contributed by atoms with Crippen molar-refractivity contribution >= 4 is 0 Å². The Balaban J connectivity index is 2.26.